The SMILES string of the molecule is C=CC(=O)OC(C)CC[Si](C)(C)C. The second-order valence-electron chi connectivity index (χ2n) is 4.55. The maximum absolute atomic E-state index is 10.8. The van der Waals surface area contributed by atoms with Gasteiger partial charge in [0, 0.05) is 14.1 Å². The van der Waals surface area contributed by atoms with Gasteiger partial charge in [0.25, 0.3) is 0 Å². The third-order valence-electron chi connectivity index (χ3n) is 1.78. The normalized spacial score (nSPS) is 13.5. The van der Waals surface area contributed by atoms with Crippen molar-refractivity contribution in [3.05, 3.63) is 12.7 Å². The van der Waals surface area contributed by atoms with Gasteiger partial charge in [-0.1, -0.05) is 32.3 Å². The highest BCUT2D eigenvalue weighted by atomic mass is 28.3. The Morgan fingerprint density at radius 3 is 2.46 bits per heavy atom. The first-order chi connectivity index (χ1) is 5.85. The van der Waals surface area contributed by atoms with Gasteiger partial charge < -0.3 is 4.74 Å². The molecule has 0 aromatic heterocycles. The van der Waals surface area contributed by atoms with E-state index in [2.05, 4.69) is 26.2 Å². The van der Waals surface area contributed by atoms with Gasteiger partial charge in [0.2, 0.25) is 0 Å². The molecule has 0 heterocycles. The highest BCUT2D eigenvalue weighted by Crippen LogP contribution is 2.14. The van der Waals surface area contributed by atoms with E-state index in [9.17, 15) is 4.79 Å². The van der Waals surface area contributed by atoms with Crippen molar-refractivity contribution in [3.63, 3.8) is 0 Å². The Bertz CT molecular complexity index is 182. The zero-order valence-corrected chi connectivity index (χ0v) is 10.1. The number of rotatable bonds is 5. The van der Waals surface area contributed by atoms with E-state index in [-0.39, 0.29) is 12.1 Å². The third kappa shape index (κ3) is 7.78. The first-order valence-corrected chi connectivity index (χ1v) is 8.39. The van der Waals surface area contributed by atoms with E-state index in [1.54, 1.807) is 0 Å². The van der Waals surface area contributed by atoms with Crippen LogP contribution >= 0.6 is 0 Å². The van der Waals surface area contributed by atoms with E-state index in [0.29, 0.717) is 0 Å². The summed E-state index contributed by atoms with van der Waals surface area (Å²) in [5.74, 6) is -0.317. The van der Waals surface area contributed by atoms with E-state index in [4.69, 9.17) is 4.74 Å². The summed E-state index contributed by atoms with van der Waals surface area (Å²) in [6, 6.07) is 1.19. The molecule has 0 N–H and O–H groups in total. The summed E-state index contributed by atoms with van der Waals surface area (Å²) in [6.07, 6.45) is 2.21. The maximum Gasteiger partial charge on any atom is 0.330 e. The predicted octanol–water partition coefficient (Wildman–Crippen LogP) is 2.83. The molecular formula is C10H20O2Si. The van der Waals surface area contributed by atoms with E-state index in [1.807, 2.05) is 6.92 Å². The van der Waals surface area contributed by atoms with Crippen molar-refractivity contribution in [1.29, 1.82) is 0 Å². The number of hydrogen-bond acceptors (Lipinski definition) is 2. The standard InChI is InChI=1S/C10H20O2Si/c1-6-10(11)12-9(2)7-8-13(3,4)5/h6,9H,1,7-8H2,2-5H3. The molecule has 1 atom stereocenters. The fraction of sp³-hybridized carbons (Fsp3) is 0.700. The molecule has 0 aromatic rings. The Labute approximate surface area is 82.0 Å². The summed E-state index contributed by atoms with van der Waals surface area (Å²) >= 11 is 0. The Kier molecular flexibility index (Phi) is 4.99. The topological polar surface area (TPSA) is 26.3 Å². The van der Waals surface area contributed by atoms with Crippen molar-refractivity contribution in [2.45, 2.75) is 45.1 Å². The largest absolute Gasteiger partial charge is 0.460 e. The molecule has 0 amide bonds. The Hall–Kier alpha value is -0.573. The van der Waals surface area contributed by atoms with Crippen molar-refractivity contribution in [2.24, 2.45) is 0 Å². The number of esters is 1. The van der Waals surface area contributed by atoms with Crippen LogP contribution in [0.15, 0.2) is 12.7 Å². The van der Waals surface area contributed by atoms with Gasteiger partial charge in [0.15, 0.2) is 0 Å². The van der Waals surface area contributed by atoms with Gasteiger partial charge in [-0.2, -0.15) is 0 Å². The van der Waals surface area contributed by atoms with Crippen LogP contribution < -0.4 is 0 Å². The average Bonchev–Trinajstić information content (AvgIpc) is 1.99. The van der Waals surface area contributed by atoms with Gasteiger partial charge in [-0.15, -0.1) is 0 Å². The lowest BCUT2D eigenvalue weighted by atomic mass is 10.3. The highest BCUT2D eigenvalue weighted by molar-refractivity contribution is 6.76. The molecule has 0 spiro atoms. The number of hydrogen-bond donors (Lipinski definition) is 0. The summed E-state index contributed by atoms with van der Waals surface area (Å²) < 4.78 is 5.06. The Balaban J connectivity index is 3.69. The van der Waals surface area contributed by atoms with Crippen LogP contribution in [-0.4, -0.2) is 20.1 Å². The van der Waals surface area contributed by atoms with Gasteiger partial charge in [-0.3, -0.25) is 0 Å². The molecule has 0 saturated heterocycles. The molecule has 1 unspecified atom stereocenters. The minimum atomic E-state index is -0.998. The van der Waals surface area contributed by atoms with Crippen LogP contribution in [0.5, 0.6) is 0 Å². The summed E-state index contributed by atoms with van der Waals surface area (Å²) in [5.41, 5.74) is 0. The summed E-state index contributed by atoms with van der Waals surface area (Å²) in [6.45, 7) is 12.2. The number of carbonyl (C=O) groups excluding carboxylic acids is 1. The summed E-state index contributed by atoms with van der Waals surface area (Å²) in [7, 11) is -0.998. The van der Waals surface area contributed by atoms with Gasteiger partial charge in [-0.05, 0) is 13.3 Å². The van der Waals surface area contributed by atoms with Crippen molar-refractivity contribution < 1.29 is 9.53 Å². The highest BCUT2D eigenvalue weighted by Gasteiger charge is 2.15. The molecule has 0 fully saturated rings. The molecular weight excluding hydrogens is 180 g/mol. The van der Waals surface area contributed by atoms with Crippen LogP contribution in [0.3, 0.4) is 0 Å². The lowest BCUT2D eigenvalue weighted by Gasteiger charge is -2.18. The Morgan fingerprint density at radius 2 is 2.08 bits per heavy atom. The second kappa shape index (κ2) is 5.22. The van der Waals surface area contributed by atoms with Crippen LogP contribution in [0.25, 0.3) is 0 Å². The van der Waals surface area contributed by atoms with Crippen LogP contribution in [-0.2, 0) is 9.53 Å². The van der Waals surface area contributed by atoms with Crippen LogP contribution in [0, 0.1) is 0 Å². The first kappa shape index (κ1) is 12.4. The van der Waals surface area contributed by atoms with Gasteiger partial charge >= 0.3 is 5.97 Å². The number of ether oxygens (including phenoxy) is 1. The third-order valence-corrected chi connectivity index (χ3v) is 3.57. The molecule has 2 nitrogen and oxygen atoms in total. The van der Waals surface area contributed by atoms with Gasteiger partial charge in [0.05, 0.1) is 6.10 Å². The molecule has 0 aliphatic heterocycles. The molecule has 0 aromatic carbocycles. The average molecular weight is 200 g/mol. The van der Waals surface area contributed by atoms with E-state index >= 15 is 0 Å². The minimum absolute atomic E-state index is 0.0252. The smallest absolute Gasteiger partial charge is 0.330 e. The lowest BCUT2D eigenvalue weighted by molar-refractivity contribution is -0.142. The lowest BCUT2D eigenvalue weighted by Crippen LogP contribution is -2.23. The Morgan fingerprint density at radius 1 is 1.54 bits per heavy atom. The first-order valence-electron chi connectivity index (χ1n) is 4.68. The van der Waals surface area contributed by atoms with Crippen molar-refractivity contribution >= 4 is 14.0 Å². The fourth-order valence-electron chi connectivity index (χ4n) is 0.942. The number of carbonyl (C=O) groups is 1. The second-order valence-corrected chi connectivity index (χ2v) is 10.2. The monoisotopic (exact) mass is 200 g/mol. The van der Waals surface area contributed by atoms with Gasteiger partial charge in [-0.25, -0.2) is 4.79 Å². The molecule has 3 heteroatoms. The molecule has 0 bridgehead atoms. The van der Waals surface area contributed by atoms with Crippen LogP contribution in [0.2, 0.25) is 25.7 Å². The van der Waals surface area contributed by atoms with E-state index in [1.165, 1.54) is 12.1 Å². The van der Waals surface area contributed by atoms with E-state index in [0.717, 1.165) is 6.42 Å². The molecule has 0 saturated carbocycles. The van der Waals surface area contributed by atoms with Crippen LogP contribution in [0.1, 0.15) is 13.3 Å². The summed E-state index contributed by atoms with van der Waals surface area (Å²) in [5, 5.41) is 0. The fourth-order valence-corrected chi connectivity index (χ4v) is 2.21. The summed E-state index contributed by atoms with van der Waals surface area (Å²) in [4.78, 5) is 10.8. The quantitative estimate of drug-likeness (QED) is 0.387. The van der Waals surface area contributed by atoms with Crippen LogP contribution in [0.4, 0.5) is 0 Å². The predicted molar refractivity (Wildman–Crippen MR) is 58.5 cm³/mol. The zero-order chi connectivity index (χ0) is 10.5. The van der Waals surface area contributed by atoms with Crippen molar-refractivity contribution in [2.75, 3.05) is 0 Å². The molecule has 0 radical (unpaired) electrons. The molecule has 76 valence electrons. The van der Waals surface area contributed by atoms with Gasteiger partial charge in [0.1, 0.15) is 0 Å². The van der Waals surface area contributed by atoms with E-state index < -0.39 is 8.07 Å². The minimum Gasteiger partial charge on any atom is -0.460 e. The molecule has 0 aliphatic rings. The molecule has 13 heavy (non-hydrogen) atoms. The molecule has 0 rings (SSSR count). The zero-order valence-electron chi connectivity index (χ0n) is 9.09. The van der Waals surface area contributed by atoms with Crippen molar-refractivity contribution in [1.82, 2.24) is 0 Å². The van der Waals surface area contributed by atoms with Crippen molar-refractivity contribution in [3.8, 4) is 0 Å². The molecule has 0 aliphatic carbocycles. The maximum atomic E-state index is 10.8.